The van der Waals surface area contributed by atoms with Gasteiger partial charge in [-0.15, -0.1) is 0 Å². The van der Waals surface area contributed by atoms with Gasteiger partial charge in [0, 0.05) is 12.1 Å². The van der Waals surface area contributed by atoms with E-state index in [0.29, 0.717) is 25.2 Å². The van der Waals surface area contributed by atoms with E-state index in [1.165, 1.54) is 17.0 Å². The number of carbonyl (C=O) groups excluding carboxylic acids is 2. The summed E-state index contributed by atoms with van der Waals surface area (Å²) in [5.41, 5.74) is 3.64. The van der Waals surface area contributed by atoms with Crippen LogP contribution in [0.5, 0.6) is 11.5 Å². The lowest BCUT2D eigenvalue weighted by Crippen LogP contribution is -2.32. The molecule has 1 saturated heterocycles. The normalized spacial score (nSPS) is 14.3. The molecule has 1 aliphatic heterocycles. The summed E-state index contributed by atoms with van der Waals surface area (Å²) >= 11 is 7.91. The van der Waals surface area contributed by atoms with Crippen LogP contribution >= 0.6 is 43.6 Å². The Kier molecular flexibility index (Phi) is 9.70. The Morgan fingerprint density at radius 3 is 2.33 bits per heavy atom. The van der Waals surface area contributed by atoms with Gasteiger partial charge in [-0.2, -0.15) is 0 Å². The molecule has 0 radical (unpaired) electrons. The highest BCUT2D eigenvalue weighted by Gasteiger charge is 2.35. The van der Waals surface area contributed by atoms with Crippen molar-refractivity contribution < 1.29 is 24.0 Å². The van der Waals surface area contributed by atoms with Crippen molar-refractivity contribution in [3.8, 4) is 11.5 Å². The summed E-state index contributed by atoms with van der Waals surface area (Å²) in [4.78, 5) is 37.6. The van der Waals surface area contributed by atoms with Crippen LogP contribution in [0.3, 0.4) is 0 Å². The number of halogens is 2. The molecular formula is C29H26Br2N2O6S. The Hall–Kier alpha value is -3.15. The summed E-state index contributed by atoms with van der Waals surface area (Å²) in [5, 5.41) is 10.5. The van der Waals surface area contributed by atoms with Gasteiger partial charge in [0.05, 0.1) is 25.3 Å². The molecule has 0 bridgehead atoms. The highest BCUT2D eigenvalue weighted by Crippen LogP contribution is 2.38. The van der Waals surface area contributed by atoms with Gasteiger partial charge in [0.2, 0.25) is 0 Å². The molecule has 0 N–H and O–H groups in total. The molecule has 3 aromatic rings. The molecular weight excluding hydrogens is 664 g/mol. The van der Waals surface area contributed by atoms with Crippen molar-refractivity contribution in [2.75, 3.05) is 13.2 Å². The lowest BCUT2D eigenvalue weighted by Gasteiger charge is -2.17. The standard InChI is InChI=1S/C29H26Br2N2O6S/c1-17(2)22-9-4-18(3)12-25(22)38-11-10-32-28(34)26(40-29(32)35)15-20-13-23(30)27(24(31)14-20)39-16-19-5-7-21(8-6-19)33(36)37/h4-9,12-15,17H,10-11,16H2,1-3H3/b26-15-. The minimum Gasteiger partial charge on any atom is -0.491 e. The minimum atomic E-state index is -0.452. The predicted octanol–water partition coefficient (Wildman–Crippen LogP) is 8.25. The number of hydrogen-bond donors (Lipinski definition) is 0. The lowest BCUT2D eigenvalue weighted by molar-refractivity contribution is -0.384. The third kappa shape index (κ3) is 7.13. The van der Waals surface area contributed by atoms with Gasteiger partial charge in [0.25, 0.3) is 16.8 Å². The van der Waals surface area contributed by atoms with Crippen LogP contribution in [0.4, 0.5) is 10.5 Å². The Bertz CT molecular complexity index is 1470. The maximum Gasteiger partial charge on any atom is 0.293 e. The van der Waals surface area contributed by atoms with Crippen molar-refractivity contribution in [3.63, 3.8) is 0 Å². The van der Waals surface area contributed by atoms with E-state index >= 15 is 0 Å². The second kappa shape index (κ2) is 13.0. The molecule has 1 fully saturated rings. The van der Waals surface area contributed by atoms with Crippen LogP contribution in [-0.4, -0.2) is 34.1 Å². The smallest absolute Gasteiger partial charge is 0.293 e. The fraction of sp³-hybridized carbons (Fsp3) is 0.241. The summed E-state index contributed by atoms with van der Waals surface area (Å²) in [6.45, 7) is 6.73. The number of nitro groups is 1. The van der Waals surface area contributed by atoms with E-state index in [4.69, 9.17) is 9.47 Å². The van der Waals surface area contributed by atoms with E-state index in [-0.39, 0.29) is 42.5 Å². The molecule has 3 aromatic carbocycles. The molecule has 208 valence electrons. The number of aryl methyl sites for hydroxylation is 1. The SMILES string of the molecule is Cc1ccc(C(C)C)c(OCCN2C(=O)S/C(=C\c3cc(Br)c(OCc4ccc([N+](=O)[O-])cc4)c(Br)c3)C2=O)c1. The van der Waals surface area contributed by atoms with E-state index in [1.807, 2.05) is 25.1 Å². The quantitative estimate of drug-likeness (QED) is 0.120. The van der Waals surface area contributed by atoms with Crippen molar-refractivity contribution >= 4 is 66.5 Å². The van der Waals surface area contributed by atoms with E-state index < -0.39 is 4.92 Å². The molecule has 40 heavy (non-hydrogen) atoms. The molecule has 0 saturated carbocycles. The van der Waals surface area contributed by atoms with Crippen molar-refractivity contribution in [2.24, 2.45) is 0 Å². The third-order valence-electron chi connectivity index (χ3n) is 6.09. The van der Waals surface area contributed by atoms with Crippen LogP contribution in [0, 0.1) is 17.0 Å². The number of nitro benzene ring substituents is 1. The Morgan fingerprint density at radius 1 is 1.02 bits per heavy atom. The minimum absolute atomic E-state index is 0.0129. The molecule has 1 aliphatic rings. The molecule has 0 aliphatic carbocycles. The Morgan fingerprint density at radius 2 is 1.70 bits per heavy atom. The third-order valence-corrected chi connectivity index (χ3v) is 8.17. The van der Waals surface area contributed by atoms with Crippen LogP contribution < -0.4 is 9.47 Å². The number of amides is 2. The first-order chi connectivity index (χ1) is 19.0. The highest BCUT2D eigenvalue weighted by atomic mass is 79.9. The molecule has 4 rings (SSSR count). The number of non-ortho nitro benzene ring substituents is 1. The second-order valence-corrected chi connectivity index (χ2v) is 12.1. The number of ether oxygens (including phenoxy) is 2. The topological polar surface area (TPSA) is 99.0 Å². The molecule has 0 spiro atoms. The summed E-state index contributed by atoms with van der Waals surface area (Å²) < 4.78 is 13.2. The van der Waals surface area contributed by atoms with E-state index in [9.17, 15) is 19.7 Å². The fourth-order valence-corrected chi connectivity index (χ4v) is 6.32. The number of nitrogens with zero attached hydrogens (tertiary/aromatic N) is 2. The molecule has 8 nitrogen and oxygen atoms in total. The van der Waals surface area contributed by atoms with Crippen LogP contribution in [0.1, 0.15) is 42.0 Å². The predicted molar refractivity (Wildman–Crippen MR) is 163 cm³/mol. The number of carbonyl (C=O) groups is 2. The zero-order valence-corrected chi connectivity index (χ0v) is 26.0. The van der Waals surface area contributed by atoms with Gasteiger partial charge in [-0.05, 0) is 115 Å². The highest BCUT2D eigenvalue weighted by molar-refractivity contribution is 9.11. The Balaban J connectivity index is 1.40. The van der Waals surface area contributed by atoms with E-state index in [1.54, 1.807) is 30.3 Å². The number of thioether (sulfide) groups is 1. The van der Waals surface area contributed by atoms with Crippen LogP contribution in [0.2, 0.25) is 0 Å². The van der Waals surface area contributed by atoms with Crippen LogP contribution in [-0.2, 0) is 11.4 Å². The largest absolute Gasteiger partial charge is 0.491 e. The first-order valence-corrected chi connectivity index (χ1v) is 14.8. The van der Waals surface area contributed by atoms with Gasteiger partial charge in [-0.25, -0.2) is 0 Å². The molecule has 1 heterocycles. The molecule has 0 aromatic heterocycles. The van der Waals surface area contributed by atoms with Crippen LogP contribution in [0.15, 0.2) is 68.4 Å². The van der Waals surface area contributed by atoms with Crippen molar-refractivity contribution in [1.29, 1.82) is 0 Å². The molecule has 0 unspecified atom stereocenters. The zero-order chi connectivity index (χ0) is 29.0. The number of rotatable bonds is 10. The first kappa shape index (κ1) is 29.8. The maximum atomic E-state index is 13.0. The average Bonchev–Trinajstić information content (AvgIpc) is 3.15. The first-order valence-electron chi connectivity index (χ1n) is 12.4. The summed E-state index contributed by atoms with van der Waals surface area (Å²) in [6, 6.07) is 15.8. The average molecular weight is 690 g/mol. The van der Waals surface area contributed by atoms with Gasteiger partial charge >= 0.3 is 0 Å². The molecule has 2 amide bonds. The van der Waals surface area contributed by atoms with Crippen molar-refractivity contribution in [2.45, 2.75) is 33.3 Å². The van der Waals surface area contributed by atoms with Gasteiger partial charge in [0.15, 0.2) is 0 Å². The van der Waals surface area contributed by atoms with Gasteiger partial charge in [0.1, 0.15) is 24.7 Å². The summed E-state index contributed by atoms with van der Waals surface area (Å²) in [5.74, 6) is 1.23. The number of hydrogen-bond acceptors (Lipinski definition) is 7. The second-order valence-electron chi connectivity index (χ2n) is 9.40. The number of benzene rings is 3. The van der Waals surface area contributed by atoms with Gasteiger partial charge < -0.3 is 9.47 Å². The summed E-state index contributed by atoms with van der Waals surface area (Å²) in [7, 11) is 0. The van der Waals surface area contributed by atoms with Crippen LogP contribution in [0.25, 0.3) is 6.08 Å². The zero-order valence-electron chi connectivity index (χ0n) is 22.0. The summed E-state index contributed by atoms with van der Waals surface area (Å²) in [6.07, 6.45) is 1.67. The maximum absolute atomic E-state index is 13.0. The van der Waals surface area contributed by atoms with Gasteiger partial charge in [-0.1, -0.05) is 26.0 Å². The molecule has 11 heteroatoms. The number of imide groups is 1. The van der Waals surface area contributed by atoms with E-state index in [2.05, 4.69) is 45.7 Å². The van der Waals surface area contributed by atoms with E-state index in [0.717, 1.165) is 34.2 Å². The monoisotopic (exact) mass is 688 g/mol. The fourth-order valence-electron chi connectivity index (χ4n) is 4.00. The lowest BCUT2D eigenvalue weighted by atomic mass is 10.0. The van der Waals surface area contributed by atoms with Gasteiger partial charge in [-0.3, -0.25) is 24.6 Å². The Labute approximate surface area is 253 Å². The molecule has 0 atom stereocenters. The van der Waals surface area contributed by atoms with Crippen molar-refractivity contribution in [3.05, 3.63) is 101 Å². The van der Waals surface area contributed by atoms with Crippen molar-refractivity contribution in [1.82, 2.24) is 4.90 Å².